The molecule has 0 aliphatic carbocycles. The number of carbonyl (C=O) groups is 1. The fourth-order valence-electron chi connectivity index (χ4n) is 2.21. The molecule has 106 valence electrons. The molecule has 1 amide bonds. The Balaban J connectivity index is 2.55. The van der Waals surface area contributed by atoms with E-state index in [4.69, 9.17) is 4.74 Å². The topological polar surface area (TPSA) is 41.6 Å². The van der Waals surface area contributed by atoms with Gasteiger partial charge in [-0.1, -0.05) is 27.7 Å². The van der Waals surface area contributed by atoms with Gasteiger partial charge in [-0.2, -0.15) is 0 Å². The van der Waals surface area contributed by atoms with E-state index in [0.29, 0.717) is 24.5 Å². The second-order valence-electron chi connectivity index (χ2n) is 6.00. The van der Waals surface area contributed by atoms with Gasteiger partial charge in [0.2, 0.25) is 0 Å². The number of carbonyl (C=O) groups excluding carboxylic acids is 1. The summed E-state index contributed by atoms with van der Waals surface area (Å²) in [4.78, 5) is 14.1. The van der Waals surface area contributed by atoms with Crippen LogP contribution in [0.25, 0.3) is 0 Å². The third-order valence-corrected chi connectivity index (χ3v) is 3.09. The molecular weight excluding hydrogens is 228 g/mol. The van der Waals surface area contributed by atoms with Gasteiger partial charge in [0.15, 0.2) is 0 Å². The van der Waals surface area contributed by atoms with E-state index in [0.717, 1.165) is 32.5 Å². The van der Waals surface area contributed by atoms with Crippen LogP contribution in [0.1, 0.15) is 40.5 Å². The van der Waals surface area contributed by atoms with Crippen LogP contribution < -0.4 is 5.32 Å². The highest BCUT2D eigenvalue weighted by atomic mass is 16.6. The lowest BCUT2D eigenvalue weighted by molar-refractivity contribution is 0.0655. The lowest BCUT2D eigenvalue weighted by atomic mass is 10.0. The second-order valence-corrected chi connectivity index (χ2v) is 6.00. The molecule has 0 radical (unpaired) electrons. The lowest BCUT2D eigenvalue weighted by Gasteiger charge is -2.35. The summed E-state index contributed by atoms with van der Waals surface area (Å²) in [5.41, 5.74) is 0. The molecule has 0 aromatic heterocycles. The standard InChI is InChI=1S/C14H28N2O2/c1-11(2)9-16(13-5-7-15-8-6-13)14(17)18-10-12(3)4/h11-13,15H,5-10H2,1-4H3. The quantitative estimate of drug-likeness (QED) is 0.821. The number of ether oxygens (including phenoxy) is 1. The first-order valence-corrected chi connectivity index (χ1v) is 7.14. The zero-order valence-corrected chi connectivity index (χ0v) is 12.2. The molecule has 1 rings (SSSR count). The Morgan fingerprint density at radius 2 is 1.83 bits per heavy atom. The Labute approximate surface area is 111 Å². The number of amides is 1. The van der Waals surface area contributed by atoms with Crippen molar-refractivity contribution in [3.63, 3.8) is 0 Å². The Kier molecular flexibility index (Phi) is 6.47. The van der Waals surface area contributed by atoms with Crippen molar-refractivity contribution in [1.82, 2.24) is 10.2 Å². The normalized spacial score (nSPS) is 17.2. The molecule has 0 saturated carbocycles. The molecule has 0 unspecified atom stereocenters. The molecule has 0 bridgehead atoms. The number of piperidine rings is 1. The van der Waals surface area contributed by atoms with Crippen molar-refractivity contribution in [1.29, 1.82) is 0 Å². The van der Waals surface area contributed by atoms with Crippen molar-refractivity contribution in [2.75, 3.05) is 26.2 Å². The van der Waals surface area contributed by atoms with Crippen LogP contribution in [0.15, 0.2) is 0 Å². The van der Waals surface area contributed by atoms with E-state index in [1.165, 1.54) is 0 Å². The van der Waals surface area contributed by atoms with Crippen LogP contribution in [-0.4, -0.2) is 43.3 Å². The molecule has 18 heavy (non-hydrogen) atoms. The molecule has 0 atom stereocenters. The number of rotatable bonds is 5. The van der Waals surface area contributed by atoms with E-state index >= 15 is 0 Å². The first-order chi connectivity index (χ1) is 8.50. The first-order valence-electron chi connectivity index (χ1n) is 7.14. The molecule has 4 nitrogen and oxygen atoms in total. The third kappa shape index (κ3) is 5.25. The maximum Gasteiger partial charge on any atom is 0.410 e. The predicted molar refractivity (Wildman–Crippen MR) is 73.6 cm³/mol. The van der Waals surface area contributed by atoms with Crippen molar-refractivity contribution >= 4 is 6.09 Å². The molecule has 1 aliphatic heterocycles. The molecule has 1 N–H and O–H groups in total. The van der Waals surface area contributed by atoms with Crippen molar-refractivity contribution in [3.8, 4) is 0 Å². The van der Waals surface area contributed by atoms with Crippen LogP contribution in [0.4, 0.5) is 4.79 Å². The van der Waals surface area contributed by atoms with E-state index < -0.39 is 0 Å². The average molecular weight is 256 g/mol. The minimum atomic E-state index is -0.135. The second kappa shape index (κ2) is 7.62. The summed E-state index contributed by atoms with van der Waals surface area (Å²) in [6.07, 6.45) is 1.93. The Bertz CT molecular complexity index is 248. The maximum atomic E-state index is 12.2. The van der Waals surface area contributed by atoms with Crippen LogP contribution in [0.5, 0.6) is 0 Å². The fraction of sp³-hybridized carbons (Fsp3) is 0.929. The van der Waals surface area contributed by atoms with Crippen molar-refractivity contribution in [3.05, 3.63) is 0 Å². The van der Waals surface area contributed by atoms with Gasteiger partial charge >= 0.3 is 6.09 Å². The summed E-state index contributed by atoms with van der Waals surface area (Å²) < 4.78 is 5.39. The van der Waals surface area contributed by atoms with Gasteiger partial charge in [-0.05, 0) is 37.8 Å². The Hall–Kier alpha value is -0.770. The van der Waals surface area contributed by atoms with E-state index in [2.05, 4.69) is 33.0 Å². The van der Waals surface area contributed by atoms with Gasteiger partial charge in [0.1, 0.15) is 0 Å². The van der Waals surface area contributed by atoms with Crippen molar-refractivity contribution < 1.29 is 9.53 Å². The van der Waals surface area contributed by atoms with Gasteiger partial charge < -0.3 is 15.0 Å². The molecule has 1 aliphatic rings. The lowest BCUT2D eigenvalue weighted by Crippen LogP contribution is -2.48. The van der Waals surface area contributed by atoms with Crippen LogP contribution in [0.3, 0.4) is 0 Å². The zero-order valence-electron chi connectivity index (χ0n) is 12.2. The molecule has 1 heterocycles. The average Bonchev–Trinajstić information content (AvgIpc) is 2.34. The minimum Gasteiger partial charge on any atom is -0.449 e. The summed E-state index contributed by atoms with van der Waals surface area (Å²) in [5, 5.41) is 3.33. The zero-order chi connectivity index (χ0) is 13.5. The summed E-state index contributed by atoms with van der Waals surface area (Å²) in [6.45, 7) is 11.7. The Morgan fingerprint density at radius 3 is 2.33 bits per heavy atom. The van der Waals surface area contributed by atoms with E-state index in [1.54, 1.807) is 0 Å². The van der Waals surface area contributed by atoms with Crippen molar-refractivity contribution in [2.45, 2.75) is 46.6 Å². The number of nitrogens with zero attached hydrogens (tertiary/aromatic N) is 1. The third-order valence-electron chi connectivity index (χ3n) is 3.09. The van der Waals surface area contributed by atoms with E-state index in [1.807, 2.05) is 4.90 Å². The molecular formula is C14H28N2O2. The smallest absolute Gasteiger partial charge is 0.410 e. The fourth-order valence-corrected chi connectivity index (χ4v) is 2.21. The minimum absolute atomic E-state index is 0.135. The highest BCUT2D eigenvalue weighted by Gasteiger charge is 2.27. The molecule has 1 fully saturated rings. The molecule has 0 spiro atoms. The SMILES string of the molecule is CC(C)COC(=O)N(CC(C)C)C1CCNCC1. The summed E-state index contributed by atoms with van der Waals surface area (Å²) in [6, 6.07) is 0.341. The number of hydrogen-bond donors (Lipinski definition) is 1. The van der Waals surface area contributed by atoms with Gasteiger partial charge in [-0.25, -0.2) is 4.79 Å². The predicted octanol–water partition coefficient (Wildman–Crippen LogP) is 2.49. The van der Waals surface area contributed by atoms with Crippen molar-refractivity contribution in [2.24, 2.45) is 11.8 Å². The van der Waals surface area contributed by atoms with Gasteiger partial charge in [0, 0.05) is 12.6 Å². The maximum absolute atomic E-state index is 12.2. The van der Waals surface area contributed by atoms with E-state index in [9.17, 15) is 4.79 Å². The molecule has 1 saturated heterocycles. The first kappa shape index (κ1) is 15.3. The Morgan fingerprint density at radius 1 is 1.22 bits per heavy atom. The van der Waals surface area contributed by atoms with Crippen LogP contribution in [0, 0.1) is 11.8 Å². The highest BCUT2D eigenvalue weighted by Crippen LogP contribution is 2.15. The highest BCUT2D eigenvalue weighted by molar-refractivity contribution is 5.68. The summed E-state index contributed by atoms with van der Waals surface area (Å²) >= 11 is 0. The number of nitrogens with one attached hydrogen (secondary N) is 1. The van der Waals surface area contributed by atoms with Crippen LogP contribution in [0.2, 0.25) is 0 Å². The van der Waals surface area contributed by atoms with Crippen LogP contribution in [-0.2, 0) is 4.74 Å². The monoisotopic (exact) mass is 256 g/mol. The summed E-state index contributed by atoms with van der Waals surface area (Å²) in [5.74, 6) is 0.870. The van der Waals surface area contributed by atoms with Crippen LogP contribution >= 0.6 is 0 Å². The van der Waals surface area contributed by atoms with Gasteiger partial charge in [0.25, 0.3) is 0 Å². The largest absolute Gasteiger partial charge is 0.449 e. The van der Waals surface area contributed by atoms with Gasteiger partial charge in [-0.3, -0.25) is 0 Å². The van der Waals surface area contributed by atoms with Gasteiger partial charge in [-0.15, -0.1) is 0 Å². The molecule has 0 aromatic carbocycles. The molecule has 4 heteroatoms. The molecule has 0 aromatic rings. The number of hydrogen-bond acceptors (Lipinski definition) is 3. The summed E-state index contributed by atoms with van der Waals surface area (Å²) in [7, 11) is 0. The van der Waals surface area contributed by atoms with E-state index in [-0.39, 0.29) is 6.09 Å². The van der Waals surface area contributed by atoms with Gasteiger partial charge in [0.05, 0.1) is 6.61 Å².